The minimum atomic E-state index is -1.18. The molecule has 2 atom stereocenters. The summed E-state index contributed by atoms with van der Waals surface area (Å²) in [6, 6.07) is 25.8. The molecule has 0 heterocycles. The average Bonchev–Trinajstić information content (AvgIpc) is 2.82. The van der Waals surface area contributed by atoms with Crippen LogP contribution >= 0.6 is 0 Å². The molecule has 3 aromatic rings. The first-order valence-electron chi connectivity index (χ1n) is 12.3. The highest BCUT2D eigenvalue weighted by atomic mass is 32.2. The second kappa shape index (κ2) is 11.8. The van der Waals surface area contributed by atoms with Crippen LogP contribution in [0, 0.1) is 20.8 Å². The van der Waals surface area contributed by atoms with E-state index in [1.54, 1.807) is 0 Å². The summed E-state index contributed by atoms with van der Waals surface area (Å²) in [6.45, 7) is 12.5. The average molecular weight is 474 g/mol. The van der Waals surface area contributed by atoms with Crippen molar-refractivity contribution in [1.82, 2.24) is 0 Å². The topological polar surface area (TPSA) is 29.4 Å². The van der Waals surface area contributed by atoms with Crippen molar-refractivity contribution in [1.29, 1.82) is 0 Å². The predicted octanol–water partition coefficient (Wildman–Crippen LogP) is 7.86. The van der Waals surface area contributed by atoms with Gasteiger partial charge in [0.25, 0.3) is 0 Å². The molecule has 34 heavy (non-hydrogen) atoms. The molecule has 3 heteroatoms. The molecule has 0 aliphatic heterocycles. The molecule has 0 bridgehead atoms. The lowest BCUT2D eigenvalue weighted by Gasteiger charge is -2.33. The van der Waals surface area contributed by atoms with Crippen molar-refractivity contribution in [3.8, 4) is 0 Å². The summed E-state index contributed by atoms with van der Waals surface area (Å²) in [5.74, 6) is 0. The number of nitrogens with zero attached hydrogens (tertiary/aromatic N) is 1. The monoisotopic (exact) mass is 473 g/mol. The first-order chi connectivity index (χ1) is 16.2. The third kappa shape index (κ3) is 6.99. The van der Waals surface area contributed by atoms with Gasteiger partial charge in [0.05, 0.1) is 16.0 Å². The van der Waals surface area contributed by atoms with E-state index in [9.17, 15) is 4.21 Å². The van der Waals surface area contributed by atoms with Gasteiger partial charge in [-0.25, -0.2) is 0 Å². The number of aryl methyl sites for hydroxylation is 5. The molecule has 3 aromatic carbocycles. The maximum Gasteiger partial charge on any atom is 0.136 e. The zero-order valence-electron chi connectivity index (χ0n) is 21.6. The maximum absolute atomic E-state index is 14.3. The van der Waals surface area contributed by atoms with E-state index in [1.165, 1.54) is 27.8 Å². The van der Waals surface area contributed by atoms with Crippen molar-refractivity contribution >= 4 is 16.5 Å². The van der Waals surface area contributed by atoms with Gasteiger partial charge in [0.15, 0.2) is 0 Å². The van der Waals surface area contributed by atoms with E-state index in [1.807, 2.05) is 13.8 Å². The molecule has 0 amide bonds. The van der Waals surface area contributed by atoms with Gasteiger partial charge in [-0.2, -0.15) is 0 Å². The first kappa shape index (κ1) is 26.1. The third-order valence-electron chi connectivity index (χ3n) is 6.52. The number of aliphatic imine (C=N–C) groups is 1. The maximum atomic E-state index is 14.3. The Morgan fingerprint density at radius 3 is 1.50 bits per heavy atom. The Kier molecular flexibility index (Phi) is 9.02. The Labute approximate surface area is 209 Å². The molecule has 0 saturated carbocycles. The van der Waals surface area contributed by atoms with Crippen molar-refractivity contribution in [2.45, 2.75) is 77.3 Å². The van der Waals surface area contributed by atoms with Crippen LogP contribution in [0.4, 0.5) is 0 Å². The van der Waals surface area contributed by atoms with Gasteiger partial charge in [-0.05, 0) is 83.9 Å². The zero-order valence-corrected chi connectivity index (χ0v) is 22.4. The van der Waals surface area contributed by atoms with E-state index in [4.69, 9.17) is 4.99 Å². The third-order valence-corrected chi connectivity index (χ3v) is 8.68. The van der Waals surface area contributed by atoms with Gasteiger partial charge in [0.1, 0.15) is 4.87 Å². The van der Waals surface area contributed by atoms with Crippen molar-refractivity contribution < 1.29 is 4.21 Å². The second-order valence-electron chi connectivity index (χ2n) is 9.83. The largest absolute Gasteiger partial charge is 0.275 e. The quantitative estimate of drug-likeness (QED) is 0.276. The summed E-state index contributed by atoms with van der Waals surface area (Å²) in [5, 5.41) is -0.0975. The SMILES string of the molecule is CC(C)=NC(CCc1ccc(C)cc1)(CCc1ccc(C)cc1)S(=O)[C@H](C)c1ccc(C)cc1. The van der Waals surface area contributed by atoms with E-state index >= 15 is 0 Å². The molecular formula is C31H39NOS. The van der Waals surface area contributed by atoms with E-state index in [2.05, 4.69) is 100 Å². The number of hydrogen-bond acceptors (Lipinski definition) is 2. The van der Waals surface area contributed by atoms with E-state index in [0.717, 1.165) is 37.0 Å². The van der Waals surface area contributed by atoms with Crippen LogP contribution in [0.25, 0.3) is 0 Å². The van der Waals surface area contributed by atoms with Gasteiger partial charge in [-0.3, -0.25) is 9.20 Å². The second-order valence-corrected chi connectivity index (χ2v) is 11.9. The van der Waals surface area contributed by atoms with E-state index in [-0.39, 0.29) is 5.25 Å². The normalized spacial score (nSPS) is 13.4. The van der Waals surface area contributed by atoms with Crippen molar-refractivity contribution in [2.75, 3.05) is 0 Å². The predicted molar refractivity (Wildman–Crippen MR) is 148 cm³/mol. The van der Waals surface area contributed by atoms with Gasteiger partial charge in [-0.15, -0.1) is 0 Å². The summed E-state index contributed by atoms with van der Waals surface area (Å²) in [7, 11) is -1.18. The molecule has 0 N–H and O–H groups in total. The molecule has 0 saturated heterocycles. The van der Waals surface area contributed by atoms with Crippen LogP contribution in [-0.4, -0.2) is 14.8 Å². The lowest BCUT2D eigenvalue weighted by atomic mass is 9.97. The molecule has 2 nitrogen and oxygen atoms in total. The highest BCUT2D eigenvalue weighted by Crippen LogP contribution is 2.37. The van der Waals surface area contributed by atoms with Gasteiger partial charge in [0.2, 0.25) is 0 Å². The Hall–Kier alpha value is -2.52. The van der Waals surface area contributed by atoms with Crippen LogP contribution in [0.5, 0.6) is 0 Å². The molecule has 0 fully saturated rings. The minimum Gasteiger partial charge on any atom is -0.275 e. The summed E-state index contributed by atoms with van der Waals surface area (Å²) in [4.78, 5) is 4.51. The van der Waals surface area contributed by atoms with Crippen LogP contribution < -0.4 is 0 Å². The standard InChI is InChI=1S/C31H39NOS/c1-23(2)32-31(21-19-28-13-7-24(3)8-14-28,22-20-29-15-9-25(4)10-16-29)34(33)27(6)30-17-11-26(5)12-18-30/h7-18,27H,19-22H2,1-6H3/t27-,34?/m1/s1. The number of benzene rings is 3. The van der Waals surface area contributed by atoms with Gasteiger partial charge in [-0.1, -0.05) is 89.5 Å². The Balaban J connectivity index is 1.96. The van der Waals surface area contributed by atoms with Crippen molar-refractivity contribution in [2.24, 2.45) is 4.99 Å². The molecule has 0 spiro atoms. The fraction of sp³-hybridized carbons (Fsp3) is 0.387. The smallest absolute Gasteiger partial charge is 0.136 e. The Morgan fingerprint density at radius 1 is 0.735 bits per heavy atom. The molecule has 3 rings (SSSR count). The van der Waals surface area contributed by atoms with Crippen LogP contribution in [0.2, 0.25) is 0 Å². The fourth-order valence-corrected chi connectivity index (χ4v) is 6.31. The molecule has 180 valence electrons. The molecule has 1 unspecified atom stereocenters. The van der Waals surface area contributed by atoms with Crippen LogP contribution in [-0.2, 0) is 23.6 Å². The Bertz CT molecular complexity index is 1060. The van der Waals surface area contributed by atoms with Gasteiger partial charge in [0, 0.05) is 5.71 Å². The summed E-state index contributed by atoms with van der Waals surface area (Å²) < 4.78 is 14.3. The van der Waals surface area contributed by atoms with Crippen LogP contribution in [0.1, 0.15) is 72.2 Å². The van der Waals surface area contributed by atoms with Gasteiger partial charge >= 0.3 is 0 Å². The lowest BCUT2D eigenvalue weighted by Crippen LogP contribution is -2.37. The summed E-state index contributed by atoms with van der Waals surface area (Å²) in [6.07, 6.45) is 3.24. The fourth-order valence-electron chi connectivity index (χ4n) is 4.37. The number of hydrogen-bond donors (Lipinski definition) is 0. The van der Waals surface area contributed by atoms with Crippen LogP contribution in [0.15, 0.2) is 77.8 Å². The highest BCUT2D eigenvalue weighted by molar-refractivity contribution is 7.86. The molecule has 0 radical (unpaired) electrons. The molecule has 0 aromatic heterocycles. The highest BCUT2D eigenvalue weighted by Gasteiger charge is 2.39. The summed E-state index contributed by atoms with van der Waals surface area (Å²) >= 11 is 0. The van der Waals surface area contributed by atoms with Crippen molar-refractivity contribution in [3.63, 3.8) is 0 Å². The first-order valence-corrected chi connectivity index (χ1v) is 13.5. The zero-order chi connectivity index (χ0) is 24.7. The van der Waals surface area contributed by atoms with Gasteiger partial charge < -0.3 is 0 Å². The van der Waals surface area contributed by atoms with E-state index < -0.39 is 15.7 Å². The van der Waals surface area contributed by atoms with Crippen LogP contribution in [0.3, 0.4) is 0 Å². The lowest BCUT2D eigenvalue weighted by molar-refractivity contribution is 0.494. The molecule has 0 aliphatic rings. The summed E-state index contributed by atoms with van der Waals surface area (Å²) in [5.41, 5.74) is 8.37. The Morgan fingerprint density at radius 2 is 1.12 bits per heavy atom. The van der Waals surface area contributed by atoms with E-state index in [0.29, 0.717) is 0 Å². The molecular weight excluding hydrogens is 434 g/mol. The van der Waals surface area contributed by atoms with Crippen molar-refractivity contribution in [3.05, 3.63) is 106 Å². The number of rotatable bonds is 10. The minimum absolute atomic E-state index is 0.0975. The molecule has 0 aliphatic carbocycles.